The molecular formula is C18H18ClN3O4. The van der Waals surface area contributed by atoms with E-state index < -0.39 is 12.1 Å². The normalized spacial score (nSPS) is 16.7. The number of nitrogens with one attached hydrogen (secondary N) is 2. The highest BCUT2D eigenvalue weighted by Crippen LogP contribution is 2.16. The van der Waals surface area contributed by atoms with Gasteiger partial charge < -0.3 is 15.1 Å². The van der Waals surface area contributed by atoms with Crippen LogP contribution in [-0.4, -0.2) is 28.8 Å². The van der Waals surface area contributed by atoms with Crippen molar-refractivity contribution in [2.45, 2.75) is 32.0 Å². The number of hydrogen-bond acceptors (Lipinski definition) is 4. The number of furan rings is 1. The van der Waals surface area contributed by atoms with Gasteiger partial charge in [0.25, 0.3) is 5.91 Å². The largest absolute Gasteiger partial charge is 0.467 e. The zero-order valence-corrected chi connectivity index (χ0v) is 14.7. The summed E-state index contributed by atoms with van der Waals surface area (Å²) in [7, 11) is 0. The maximum absolute atomic E-state index is 12.3. The quantitative estimate of drug-likeness (QED) is 0.727. The number of benzene rings is 1. The summed E-state index contributed by atoms with van der Waals surface area (Å²) in [6.07, 6.45) is 1.83. The van der Waals surface area contributed by atoms with Crippen LogP contribution in [0, 0.1) is 0 Å². The maximum Gasteiger partial charge on any atom is 0.325 e. The highest BCUT2D eigenvalue weighted by Gasteiger charge is 2.38. The van der Waals surface area contributed by atoms with Gasteiger partial charge in [-0.3, -0.25) is 14.5 Å². The van der Waals surface area contributed by atoms with Gasteiger partial charge in [-0.25, -0.2) is 4.79 Å². The lowest BCUT2D eigenvalue weighted by Crippen LogP contribution is -2.32. The number of hydrogen-bond donors (Lipinski definition) is 2. The van der Waals surface area contributed by atoms with Gasteiger partial charge in [-0.2, -0.15) is 0 Å². The molecule has 1 atom stereocenters. The number of imide groups is 1. The predicted octanol–water partition coefficient (Wildman–Crippen LogP) is 2.45. The molecule has 2 N–H and O–H groups in total. The van der Waals surface area contributed by atoms with Crippen molar-refractivity contribution in [3.8, 4) is 0 Å². The fraction of sp³-hybridized carbons (Fsp3) is 0.278. The van der Waals surface area contributed by atoms with Crippen molar-refractivity contribution in [2.24, 2.45) is 0 Å². The summed E-state index contributed by atoms with van der Waals surface area (Å²) in [4.78, 5) is 37.4. The molecule has 1 aliphatic rings. The molecule has 0 bridgehead atoms. The Balaban J connectivity index is 1.47. The van der Waals surface area contributed by atoms with Gasteiger partial charge in [0, 0.05) is 18.0 Å². The first-order chi connectivity index (χ1) is 12.5. The van der Waals surface area contributed by atoms with E-state index in [1.54, 1.807) is 18.2 Å². The lowest BCUT2D eigenvalue weighted by Gasteiger charge is -2.11. The van der Waals surface area contributed by atoms with Crippen molar-refractivity contribution in [3.63, 3.8) is 0 Å². The second-order valence-electron chi connectivity index (χ2n) is 5.91. The zero-order chi connectivity index (χ0) is 18.5. The monoisotopic (exact) mass is 375 g/mol. The first-order valence-corrected chi connectivity index (χ1v) is 8.57. The molecule has 1 saturated heterocycles. The Labute approximate surface area is 155 Å². The van der Waals surface area contributed by atoms with Crippen LogP contribution in [0.5, 0.6) is 0 Å². The minimum Gasteiger partial charge on any atom is -0.467 e. The fourth-order valence-electron chi connectivity index (χ4n) is 2.68. The van der Waals surface area contributed by atoms with Crippen LogP contribution in [0.4, 0.5) is 4.79 Å². The number of rotatable bonds is 7. The maximum atomic E-state index is 12.3. The van der Waals surface area contributed by atoms with E-state index in [0.29, 0.717) is 17.3 Å². The van der Waals surface area contributed by atoms with Crippen molar-refractivity contribution in [3.05, 3.63) is 59.0 Å². The minimum atomic E-state index is -0.705. The SMILES string of the molecule is O=C(CC[C@@H]1NC(=O)N(Cc2ccco2)C1=O)NCc1ccccc1Cl. The van der Waals surface area contributed by atoms with Gasteiger partial charge in [0.2, 0.25) is 5.91 Å². The van der Waals surface area contributed by atoms with Crippen molar-refractivity contribution in [1.82, 2.24) is 15.5 Å². The van der Waals surface area contributed by atoms with Crippen LogP contribution in [0.1, 0.15) is 24.2 Å². The number of urea groups is 1. The average Bonchev–Trinajstić information content (AvgIpc) is 3.23. The Bertz CT molecular complexity index is 807. The summed E-state index contributed by atoms with van der Waals surface area (Å²) >= 11 is 6.04. The van der Waals surface area contributed by atoms with Crippen LogP contribution >= 0.6 is 11.6 Å². The van der Waals surface area contributed by atoms with E-state index >= 15 is 0 Å². The number of amides is 4. The van der Waals surface area contributed by atoms with Gasteiger partial charge in [0.1, 0.15) is 11.8 Å². The summed E-state index contributed by atoms with van der Waals surface area (Å²) < 4.78 is 5.16. The van der Waals surface area contributed by atoms with E-state index in [9.17, 15) is 14.4 Å². The van der Waals surface area contributed by atoms with E-state index in [1.165, 1.54) is 6.26 Å². The van der Waals surface area contributed by atoms with Crippen LogP contribution < -0.4 is 10.6 Å². The third kappa shape index (κ3) is 4.23. The van der Waals surface area contributed by atoms with Crippen LogP contribution in [-0.2, 0) is 22.7 Å². The topological polar surface area (TPSA) is 91.7 Å². The first kappa shape index (κ1) is 18.0. The highest BCUT2D eigenvalue weighted by molar-refractivity contribution is 6.31. The first-order valence-electron chi connectivity index (χ1n) is 8.19. The Morgan fingerprint density at radius 3 is 2.77 bits per heavy atom. The third-order valence-electron chi connectivity index (χ3n) is 4.09. The molecule has 1 aliphatic heterocycles. The molecule has 7 nitrogen and oxygen atoms in total. The molecular weight excluding hydrogens is 358 g/mol. The third-order valence-corrected chi connectivity index (χ3v) is 4.46. The zero-order valence-electron chi connectivity index (χ0n) is 13.9. The van der Waals surface area contributed by atoms with Crippen molar-refractivity contribution >= 4 is 29.4 Å². The van der Waals surface area contributed by atoms with Crippen molar-refractivity contribution < 1.29 is 18.8 Å². The van der Waals surface area contributed by atoms with E-state index in [0.717, 1.165) is 10.5 Å². The lowest BCUT2D eigenvalue weighted by molar-refractivity contribution is -0.128. The molecule has 1 aromatic heterocycles. The summed E-state index contributed by atoms with van der Waals surface area (Å²) in [5, 5.41) is 5.94. The van der Waals surface area contributed by atoms with Gasteiger partial charge in [0.05, 0.1) is 12.8 Å². The van der Waals surface area contributed by atoms with Crippen molar-refractivity contribution in [2.75, 3.05) is 0 Å². The van der Waals surface area contributed by atoms with Crippen molar-refractivity contribution in [1.29, 1.82) is 0 Å². The van der Waals surface area contributed by atoms with Crippen LogP contribution in [0.2, 0.25) is 5.02 Å². The molecule has 1 aromatic carbocycles. The van der Waals surface area contributed by atoms with Crippen LogP contribution in [0.15, 0.2) is 47.1 Å². The molecule has 0 saturated carbocycles. The Kier molecular flexibility index (Phi) is 5.58. The van der Waals surface area contributed by atoms with Crippen LogP contribution in [0.25, 0.3) is 0 Å². The van der Waals surface area contributed by atoms with Gasteiger partial charge >= 0.3 is 6.03 Å². The Morgan fingerprint density at radius 2 is 2.04 bits per heavy atom. The number of carbonyl (C=O) groups excluding carboxylic acids is 3. The Hall–Kier alpha value is -2.80. The number of carbonyl (C=O) groups is 3. The van der Waals surface area contributed by atoms with Gasteiger partial charge in [-0.05, 0) is 30.2 Å². The molecule has 2 aromatic rings. The second-order valence-corrected chi connectivity index (χ2v) is 6.32. The molecule has 0 unspecified atom stereocenters. The summed E-state index contributed by atoms with van der Waals surface area (Å²) in [6, 6.07) is 9.44. The smallest absolute Gasteiger partial charge is 0.325 e. The van der Waals surface area contributed by atoms with E-state index in [4.69, 9.17) is 16.0 Å². The number of halogens is 1. The molecule has 3 rings (SSSR count). The summed E-state index contributed by atoms with van der Waals surface area (Å²) in [6.45, 7) is 0.390. The number of nitrogens with zero attached hydrogens (tertiary/aromatic N) is 1. The molecule has 4 amide bonds. The molecule has 2 heterocycles. The van der Waals surface area contributed by atoms with E-state index in [2.05, 4.69) is 10.6 Å². The molecule has 0 spiro atoms. The van der Waals surface area contributed by atoms with E-state index in [1.807, 2.05) is 18.2 Å². The van der Waals surface area contributed by atoms with Gasteiger partial charge in [0.15, 0.2) is 0 Å². The molecule has 136 valence electrons. The molecule has 1 fully saturated rings. The van der Waals surface area contributed by atoms with Gasteiger partial charge in [-0.1, -0.05) is 29.8 Å². The molecule has 0 radical (unpaired) electrons. The minimum absolute atomic E-state index is 0.0763. The predicted molar refractivity (Wildman–Crippen MR) is 94.1 cm³/mol. The van der Waals surface area contributed by atoms with Crippen LogP contribution in [0.3, 0.4) is 0 Å². The molecule has 26 heavy (non-hydrogen) atoms. The average molecular weight is 376 g/mol. The fourth-order valence-corrected chi connectivity index (χ4v) is 2.88. The summed E-state index contributed by atoms with van der Waals surface area (Å²) in [5.74, 6) is -0.0478. The second kappa shape index (κ2) is 8.05. The van der Waals surface area contributed by atoms with E-state index in [-0.39, 0.29) is 31.2 Å². The van der Waals surface area contributed by atoms with Gasteiger partial charge in [-0.15, -0.1) is 0 Å². The molecule has 8 heteroatoms. The lowest BCUT2D eigenvalue weighted by atomic mass is 10.1. The highest BCUT2D eigenvalue weighted by atomic mass is 35.5. The Morgan fingerprint density at radius 1 is 1.23 bits per heavy atom. The standard InChI is InChI=1S/C18H18ClN3O4/c19-14-6-2-1-4-12(14)10-20-16(23)8-7-15-17(24)22(18(25)21-15)11-13-5-3-9-26-13/h1-6,9,15H,7-8,10-11H2,(H,20,23)(H,21,25)/t15-/m0/s1. The summed E-state index contributed by atoms with van der Waals surface area (Å²) in [5.41, 5.74) is 0.817. The molecule has 0 aliphatic carbocycles.